The second-order valence-electron chi connectivity index (χ2n) is 7.61. The SMILES string of the molecule is CN=C(NCc1cccc(-c2ccccn2)c1)NCC(C)(C)N1CCOCC1.I. The van der Waals surface area contributed by atoms with E-state index in [4.69, 9.17) is 4.74 Å². The number of morpholine rings is 1. The Morgan fingerprint density at radius 1 is 1.14 bits per heavy atom. The molecular formula is C22H32IN5O. The quantitative estimate of drug-likeness (QED) is 0.356. The highest BCUT2D eigenvalue weighted by molar-refractivity contribution is 14.0. The third kappa shape index (κ3) is 6.94. The number of aromatic nitrogens is 1. The number of rotatable bonds is 6. The third-order valence-electron chi connectivity index (χ3n) is 5.13. The Bertz CT molecular complexity index is 776. The molecule has 1 saturated heterocycles. The van der Waals surface area contributed by atoms with Gasteiger partial charge in [0.05, 0.1) is 18.9 Å². The van der Waals surface area contributed by atoms with Gasteiger partial charge < -0.3 is 15.4 Å². The molecule has 2 heterocycles. The van der Waals surface area contributed by atoms with Crippen molar-refractivity contribution < 1.29 is 4.74 Å². The fourth-order valence-electron chi connectivity index (χ4n) is 3.36. The highest BCUT2D eigenvalue weighted by Crippen LogP contribution is 2.18. The van der Waals surface area contributed by atoms with Crippen LogP contribution in [-0.2, 0) is 11.3 Å². The molecule has 0 saturated carbocycles. The number of hydrogen-bond donors (Lipinski definition) is 2. The van der Waals surface area contributed by atoms with Gasteiger partial charge in [0.1, 0.15) is 0 Å². The largest absolute Gasteiger partial charge is 0.379 e. The molecule has 0 bridgehead atoms. The van der Waals surface area contributed by atoms with Crippen LogP contribution in [0.5, 0.6) is 0 Å². The van der Waals surface area contributed by atoms with Gasteiger partial charge in [-0.2, -0.15) is 0 Å². The minimum absolute atomic E-state index is 0. The number of pyridine rings is 1. The minimum Gasteiger partial charge on any atom is -0.379 e. The molecule has 2 aromatic rings. The summed E-state index contributed by atoms with van der Waals surface area (Å²) in [5.41, 5.74) is 3.34. The van der Waals surface area contributed by atoms with E-state index in [0.29, 0.717) is 6.54 Å². The fourth-order valence-corrected chi connectivity index (χ4v) is 3.36. The summed E-state index contributed by atoms with van der Waals surface area (Å²) >= 11 is 0. The molecule has 0 amide bonds. The fraction of sp³-hybridized carbons (Fsp3) is 0.455. The Morgan fingerprint density at radius 3 is 2.62 bits per heavy atom. The second kappa shape index (κ2) is 11.5. The molecule has 0 radical (unpaired) electrons. The first kappa shape index (κ1) is 23.6. The van der Waals surface area contributed by atoms with Crippen molar-refractivity contribution in [3.63, 3.8) is 0 Å². The molecule has 0 aliphatic carbocycles. The summed E-state index contributed by atoms with van der Waals surface area (Å²) in [6.45, 7) is 9.61. The summed E-state index contributed by atoms with van der Waals surface area (Å²) < 4.78 is 5.47. The lowest BCUT2D eigenvalue weighted by Crippen LogP contribution is -2.56. The predicted molar refractivity (Wildman–Crippen MR) is 130 cm³/mol. The number of benzene rings is 1. The Morgan fingerprint density at radius 2 is 1.93 bits per heavy atom. The van der Waals surface area contributed by atoms with Crippen molar-refractivity contribution >= 4 is 29.9 Å². The predicted octanol–water partition coefficient (Wildman–Crippen LogP) is 3.14. The molecule has 1 aliphatic rings. The van der Waals surface area contributed by atoms with Crippen LogP contribution in [0.3, 0.4) is 0 Å². The smallest absolute Gasteiger partial charge is 0.191 e. The lowest BCUT2D eigenvalue weighted by molar-refractivity contribution is -0.00834. The molecule has 3 rings (SSSR count). The molecule has 0 unspecified atom stereocenters. The van der Waals surface area contributed by atoms with E-state index < -0.39 is 0 Å². The van der Waals surface area contributed by atoms with Gasteiger partial charge in [-0.15, -0.1) is 24.0 Å². The maximum absolute atomic E-state index is 5.47. The Hall–Kier alpha value is -1.71. The minimum atomic E-state index is 0. The third-order valence-corrected chi connectivity index (χ3v) is 5.13. The van der Waals surface area contributed by atoms with E-state index in [-0.39, 0.29) is 29.5 Å². The zero-order chi connectivity index (χ0) is 19.8. The van der Waals surface area contributed by atoms with Crippen LogP contribution in [0.25, 0.3) is 11.3 Å². The van der Waals surface area contributed by atoms with E-state index in [2.05, 4.69) is 63.6 Å². The van der Waals surface area contributed by atoms with E-state index in [9.17, 15) is 0 Å². The van der Waals surface area contributed by atoms with Crippen molar-refractivity contribution in [3.05, 3.63) is 54.2 Å². The average Bonchev–Trinajstić information content (AvgIpc) is 2.75. The van der Waals surface area contributed by atoms with Crippen molar-refractivity contribution in [1.29, 1.82) is 0 Å². The van der Waals surface area contributed by atoms with E-state index in [1.165, 1.54) is 5.56 Å². The highest BCUT2D eigenvalue weighted by atomic mass is 127. The lowest BCUT2D eigenvalue weighted by atomic mass is 10.0. The van der Waals surface area contributed by atoms with Gasteiger partial charge in [0, 0.05) is 50.5 Å². The van der Waals surface area contributed by atoms with Crippen molar-refractivity contribution in [2.45, 2.75) is 25.9 Å². The van der Waals surface area contributed by atoms with E-state index in [1.54, 1.807) is 7.05 Å². The zero-order valence-electron chi connectivity index (χ0n) is 17.5. The maximum atomic E-state index is 5.47. The van der Waals surface area contributed by atoms with E-state index >= 15 is 0 Å². The van der Waals surface area contributed by atoms with Crippen molar-refractivity contribution in [3.8, 4) is 11.3 Å². The standard InChI is InChI=1S/C22H31N5O.HI/c1-22(2,27-11-13-28-14-12-27)17-26-21(23-3)25-16-18-7-6-8-19(15-18)20-9-4-5-10-24-20;/h4-10,15H,11-14,16-17H2,1-3H3,(H2,23,25,26);1H. The van der Waals surface area contributed by atoms with Gasteiger partial charge in [-0.1, -0.05) is 24.3 Å². The van der Waals surface area contributed by atoms with Crippen LogP contribution in [0.2, 0.25) is 0 Å². The lowest BCUT2D eigenvalue weighted by Gasteiger charge is -2.41. The molecule has 158 valence electrons. The van der Waals surface area contributed by atoms with Gasteiger partial charge in [-0.25, -0.2) is 0 Å². The van der Waals surface area contributed by atoms with Crippen LogP contribution in [0, 0.1) is 0 Å². The first-order valence-corrected chi connectivity index (χ1v) is 9.86. The number of nitrogens with zero attached hydrogens (tertiary/aromatic N) is 3. The summed E-state index contributed by atoms with van der Waals surface area (Å²) in [6, 6.07) is 14.4. The molecule has 29 heavy (non-hydrogen) atoms. The van der Waals surface area contributed by atoms with Crippen LogP contribution < -0.4 is 10.6 Å². The van der Waals surface area contributed by atoms with E-state index in [0.717, 1.165) is 50.1 Å². The molecule has 1 aliphatic heterocycles. The number of nitrogens with one attached hydrogen (secondary N) is 2. The molecule has 0 atom stereocenters. The summed E-state index contributed by atoms with van der Waals surface area (Å²) in [6.07, 6.45) is 1.82. The van der Waals surface area contributed by atoms with Gasteiger partial charge in [0.25, 0.3) is 0 Å². The molecule has 0 spiro atoms. The van der Waals surface area contributed by atoms with Gasteiger partial charge >= 0.3 is 0 Å². The Kier molecular flexibility index (Phi) is 9.32. The highest BCUT2D eigenvalue weighted by Gasteiger charge is 2.28. The zero-order valence-corrected chi connectivity index (χ0v) is 19.8. The van der Waals surface area contributed by atoms with E-state index in [1.807, 2.05) is 24.4 Å². The topological polar surface area (TPSA) is 61.8 Å². The van der Waals surface area contributed by atoms with Crippen LogP contribution in [0.15, 0.2) is 53.7 Å². The molecular weight excluding hydrogens is 477 g/mol. The number of aliphatic imine (C=N–C) groups is 1. The summed E-state index contributed by atoms with van der Waals surface area (Å²) in [5.74, 6) is 0.810. The van der Waals surface area contributed by atoms with Gasteiger partial charge in [0.15, 0.2) is 5.96 Å². The van der Waals surface area contributed by atoms with Crippen LogP contribution >= 0.6 is 24.0 Å². The summed E-state index contributed by atoms with van der Waals surface area (Å²) in [5, 5.41) is 6.88. The van der Waals surface area contributed by atoms with Crippen LogP contribution in [0.4, 0.5) is 0 Å². The van der Waals surface area contributed by atoms with Crippen molar-refractivity contribution in [2.75, 3.05) is 39.9 Å². The maximum Gasteiger partial charge on any atom is 0.191 e. The molecule has 2 N–H and O–H groups in total. The Labute approximate surface area is 191 Å². The normalized spacial score (nSPS) is 15.5. The first-order chi connectivity index (χ1) is 13.6. The molecule has 7 heteroatoms. The Balaban J connectivity index is 0.00000300. The molecule has 6 nitrogen and oxygen atoms in total. The molecule has 1 aromatic heterocycles. The second-order valence-corrected chi connectivity index (χ2v) is 7.61. The number of guanidine groups is 1. The number of halogens is 1. The molecule has 1 aromatic carbocycles. The number of ether oxygens (including phenoxy) is 1. The first-order valence-electron chi connectivity index (χ1n) is 9.86. The van der Waals surface area contributed by atoms with Gasteiger partial charge in [0.2, 0.25) is 0 Å². The van der Waals surface area contributed by atoms with Crippen LogP contribution in [-0.4, -0.2) is 61.3 Å². The van der Waals surface area contributed by atoms with Gasteiger partial charge in [-0.3, -0.25) is 14.9 Å². The van der Waals surface area contributed by atoms with Crippen molar-refractivity contribution in [2.24, 2.45) is 4.99 Å². The summed E-state index contributed by atoms with van der Waals surface area (Å²) in [7, 11) is 1.81. The molecule has 1 fully saturated rings. The van der Waals surface area contributed by atoms with Crippen LogP contribution in [0.1, 0.15) is 19.4 Å². The monoisotopic (exact) mass is 509 g/mol. The van der Waals surface area contributed by atoms with Gasteiger partial charge in [-0.05, 0) is 37.6 Å². The summed E-state index contributed by atoms with van der Waals surface area (Å²) in [4.78, 5) is 11.3. The number of hydrogen-bond acceptors (Lipinski definition) is 4. The average molecular weight is 509 g/mol. The van der Waals surface area contributed by atoms with Crippen molar-refractivity contribution in [1.82, 2.24) is 20.5 Å².